The number of carboxylic acids is 1. The number of carbonyl (C=O) groups is 3. The van der Waals surface area contributed by atoms with Gasteiger partial charge in [0.1, 0.15) is 11.6 Å². The van der Waals surface area contributed by atoms with Crippen molar-refractivity contribution in [1.29, 1.82) is 0 Å². The molecular weight excluding hydrogens is 392 g/mol. The molecule has 25 heavy (non-hydrogen) atoms. The average Bonchev–Trinajstić information content (AvgIpc) is 2.41. The number of nitrogens with two attached hydrogens (primary N) is 1. The first-order valence-electron chi connectivity index (χ1n) is 8.30. The smallest absolute Gasteiger partial charge is 0.411 e. The van der Waals surface area contributed by atoms with Crippen molar-refractivity contribution in [2.24, 2.45) is 5.73 Å². The zero-order chi connectivity index (χ0) is 20.0. The number of hydrogen-bond donors (Lipinski definition) is 2. The number of rotatable bonds is 8. The predicted molar refractivity (Wildman–Crippen MR) is 99.9 cm³/mol. The molecule has 0 aromatic carbocycles. The summed E-state index contributed by atoms with van der Waals surface area (Å²) in [6.07, 6.45) is 0.287. The van der Waals surface area contributed by atoms with Crippen molar-refractivity contribution < 1.29 is 24.2 Å². The van der Waals surface area contributed by atoms with Crippen molar-refractivity contribution in [3.63, 3.8) is 0 Å². The van der Waals surface area contributed by atoms with Crippen LogP contribution in [-0.2, 0) is 14.3 Å². The number of ketones is 1. The second kappa shape index (κ2) is 9.52. The number of Topliss-reactive ketones (excluding diaryl/α,β-unsaturated/α-hetero) is 1. The van der Waals surface area contributed by atoms with Gasteiger partial charge in [0.05, 0.1) is 11.4 Å². The van der Waals surface area contributed by atoms with E-state index < -0.39 is 35.3 Å². The zero-order valence-corrected chi connectivity index (χ0v) is 17.6. The maximum Gasteiger partial charge on any atom is 0.411 e. The SMILES string of the molecule is CC(C)(C)OC(=O)N([C@@H](CCCC(N)C(=O)CBr)C(=O)O)C(C)(C)C. The standard InChI is InChI=1S/C17H31BrN2O5/c1-16(2,3)20(15(24)25-17(4,5)6)12(14(22)23)9-7-8-11(19)13(21)10-18/h11-12H,7-10,19H2,1-6H3,(H,22,23)/t11?,12-/m0/s1. The van der Waals surface area contributed by atoms with Gasteiger partial charge in [-0.1, -0.05) is 15.9 Å². The molecule has 0 aliphatic carbocycles. The highest BCUT2D eigenvalue weighted by atomic mass is 79.9. The topological polar surface area (TPSA) is 110 Å². The Hall–Kier alpha value is -1.15. The van der Waals surface area contributed by atoms with Crippen LogP contribution in [0.5, 0.6) is 0 Å². The molecule has 3 N–H and O–H groups in total. The minimum atomic E-state index is -1.11. The summed E-state index contributed by atoms with van der Waals surface area (Å²) in [7, 11) is 0. The molecule has 1 unspecified atom stereocenters. The Labute approximate surface area is 158 Å². The van der Waals surface area contributed by atoms with Gasteiger partial charge in [0.15, 0.2) is 5.78 Å². The maximum absolute atomic E-state index is 12.6. The molecule has 8 heteroatoms. The molecule has 0 radical (unpaired) electrons. The van der Waals surface area contributed by atoms with E-state index in [1.54, 1.807) is 41.5 Å². The van der Waals surface area contributed by atoms with Gasteiger partial charge < -0.3 is 15.6 Å². The third-order valence-corrected chi connectivity index (χ3v) is 4.00. The minimum Gasteiger partial charge on any atom is -0.480 e. The summed E-state index contributed by atoms with van der Waals surface area (Å²) >= 11 is 3.06. The minimum absolute atomic E-state index is 0.133. The van der Waals surface area contributed by atoms with E-state index in [2.05, 4.69) is 15.9 Å². The van der Waals surface area contributed by atoms with Crippen molar-refractivity contribution in [3.05, 3.63) is 0 Å². The number of nitrogens with zero attached hydrogens (tertiary/aromatic N) is 1. The summed E-state index contributed by atoms with van der Waals surface area (Å²) in [4.78, 5) is 37.1. The maximum atomic E-state index is 12.6. The Morgan fingerprint density at radius 2 is 1.64 bits per heavy atom. The van der Waals surface area contributed by atoms with Gasteiger partial charge in [0.2, 0.25) is 0 Å². The Morgan fingerprint density at radius 1 is 1.12 bits per heavy atom. The monoisotopic (exact) mass is 422 g/mol. The van der Waals surface area contributed by atoms with E-state index in [1.807, 2.05) is 0 Å². The summed E-state index contributed by atoms with van der Waals surface area (Å²) < 4.78 is 5.38. The highest BCUT2D eigenvalue weighted by Gasteiger charge is 2.39. The molecule has 146 valence electrons. The van der Waals surface area contributed by atoms with Crippen LogP contribution in [0.1, 0.15) is 60.8 Å². The Morgan fingerprint density at radius 3 is 2.00 bits per heavy atom. The van der Waals surface area contributed by atoms with Gasteiger partial charge in [-0.2, -0.15) is 0 Å². The molecule has 1 amide bonds. The predicted octanol–water partition coefficient (Wildman–Crippen LogP) is 2.94. The van der Waals surface area contributed by atoms with E-state index in [0.29, 0.717) is 12.8 Å². The van der Waals surface area contributed by atoms with Crippen molar-refractivity contribution in [3.8, 4) is 0 Å². The van der Waals surface area contributed by atoms with Gasteiger partial charge in [-0.25, -0.2) is 9.59 Å². The van der Waals surface area contributed by atoms with Gasteiger partial charge in [-0.3, -0.25) is 9.69 Å². The lowest BCUT2D eigenvalue weighted by Gasteiger charge is -2.40. The number of halogens is 1. The molecule has 0 fully saturated rings. The largest absolute Gasteiger partial charge is 0.480 e. The van der Waals surface area contributed by atoms with E-state index in [-0.39, 0.29) is 17.5 Å². The Balaban J connectivity index is 5.22. The van der Waals surface area contributed by atoms with Crippen LogP contribution < -0.4 is 5.73 Å². The first-order valence-corrected chi connectivity index (χ1v) is 9.42. The average molecular weight is 423 g/mol. The summed E-state index contributed by atoms with van der Waals surface area (Å²) in [6.45, 7) is 10.5. The van der Waals surface area contributed by atoms with Crippen molar-refractivity contribution in [1.82, 2.24) is 4.90 Å². The fraction of sp³-hybridized carbons (Fsp3) is 0.824. The van der Waals surface area contributed by atoms with Crippen LogP contribution >= 0.6 is 15.9 Å². The molecule has 0 spiro atoms. The second-order valence-electron chi connectivity index (χ2n) is 8.01. The number of ether oxygens (including phenoxy) is 1. The molecule has 0 saturated heterocycles. The molecule has 0 aromatic heterocycles. The molecule has 0 saturated carbocycles. The third kappa shape index (κ3) is 8.67. The van der Waals surface area contributed by atoms with Gasteiger partial charge in [-0.15, -0.1) is 0 Å². The van der Waals surface area contributed by atoms with Gasteiger partial charge in [0, 0.05) is 5.54 Å². The number of carbonyl (C=O) groups excluding carboxylic acids is 2. The van der Waals surface area contributed by atoms with Crippen LogP contribution in [0.15, 0.2) is 0 Å². The first-order chi connectivity index (χ1) is 11.2. The molecule has 7 nitrogen and oxygen atoms in total. The number of hydrogen-bond acceptors (Lipinski definition) is 5. The normalized spacial score (nSPS) is 14.6. The molecule has 0 aromatic rings. The van der Waals surface area contributed by atoms with Gasteiger partial charge in [0.25, 0.3) is 0 Å². The molecular formula is C17H31BrN2O5. The van der Waals surface area contributed by atoms with Crippen LogP contribution in [0.3, 0.4) is 0 Å². The number of amides is 1. The van der Waals surface area contributed by atoms with E-state index in [9.17, 15) is 19.5 Å². The van der Waals surface area contributed by atoms with E-state index in [0.717, 1.165) is 0 Å². The summed E-state index contributed by atoms with van der Waals surface area (Å²) in [5.41, 5.74) is 4.30. The zero-order valence-electron chi connectivity index (χ0n) is 16.0. The lowest BCUT2D eigenvalue weighted by molar-refractivity contribution is -0.145. The number of aliphatic carboxylic acids is 1. The van der Waals surface area contributed by atoms with Crippen molar-refractivity contribution in [2.75, 3.05) is 5.33 Å². The van der Waals surface area contributed by atoms with Crippen molar-refractivity contribution in [2.45, 2.75) is 84.0 Å². The summed E-state index contributed by atoms with van der Waals surface area (Å²) in [6, 6.07) is -1.69. The summed E-state index contributed by atoms with van der Waals surface area (Å²) in [5.74, 6) is -1.24. The molecule has 0 rings (SSSR count). The lowest BCUT2D eigenvalue weighted by Crippen LogP contribution is -2.56. The highest BCUT2D eigenvalue weighted by molar-refractivity contribution is 9.09. The Bertz CT molecular complexity index is 482. The molecule has 0 heterocycles. The molecule has 0 bridgehead atoms. The van der Waals surface area contributed by atoms with Crippen LogP contribution in [-0.4, -0.2) is 56.4 Å². The fourth-order valence-corrected chi connectivity index (χ4v) is 2.75. The van der Waals surface area contributed by atoms with Gasteiger partial charge in [-0.05, 0) is 60.8 Å². The second-order valence-corrected chi connectivity index (χ2v) is 8.57. The summed E-state index contributed by atoms with van der Waals surface area (Å²) in [5, 5.41) is 9.79. The molecule has 2 atom stereocenters. The van der Waals surface area contributed by atoms with Crippen LogP contribution in [0.25, 0.3) is 0 Å². The number of carboxylic acid groups (broad SMARTS) is 1. The van der Waals surface area contributed by atoms with Gasteiger partial charge >= 0.3 is 12.1 Å². The quantitative estimate of drug-likeness (QED) is 0.581. The van der Waals surface area contributed by atoms with Crippen LogP contribution in [0.4, 0.5) is 4.79 Å². The van der Waals surface area contributed by atoms with Crippen LogP contribution in [0, 0.1) is 0 Å². The van der Waals surface area contributed by atoms with E-state index >= 15 is 0 Å². The van der Waals surface area contributed by atoms with Crippen LogP contribution in [0.2, 0.25) is 0 Å². The molecule has 0 aliphatic rings. The third-order valence-electron chi connectivity index (χ3n) is 3.45. The fourth-order valence-electron chi connectivity index (χ4n) is 2.33. The molecule has 0 aliphatic heterocycles. The van der Waals surface area contributed by atoms with Crippen molar-refractivity contribution >= 4 is 33.8 Å². The van der Waals surface area contributed by atoms with E-state index in [1.165, 1.54) is 4.90 Å². The number of alkyl halides is 1. The lowest BCUT2D eigenvalue weighted by atomic mass is 9.98. The highest BCUT2D eigenvalue weighted by Crippen LogP contribution is 2.24. The van der Waals surface area contributed by atoms with E-state index in [4.69, 9.17) is 10.5 Å². The first kappa shape index (κ1) is 23.9. The Kier molecular flexibility index (Phi) is 9.08.